The number of amides is 1. The summed E-state index contributed by atoms with van der Waals surface area (Å²) in [6, 6.07) is 14.3. The van der Waals surface area contributed by atoms with Crippen LogP contribution in [0.25, 0.3) is 0 Å². The van der Waals surface area contributed by atoms with Crippen molar-refractivity contribution in [2.45, 2.75) is 5.75 Å². The first kappa shape index (κ1) is 17.0. The number of carbonyl (C=O) groups excluding carboxylic acids is 1. The molecule has 2 aromatic carbocycles. The van der Waals surface area contributed by atoms with Crippen molar-refractivity contribution in [3.8, 4) is 0 Å². The number of hydrogen-bond donors (Lipinski definition) is 0. The lowest BCUT2D eigenvalue weighted by Crippen LogP contribution is -2.31. The van der Waals surface area contributed by atoms with Crippen LogP contribution in [0.15, 0.2) is 48.5 Å². The van der Waals surface area contributed by atoms with Crippen LogP contribution in [0, 0.1) is 0 Å². The fourth-order valence-corrected chi connectivity index (χ4v) is 3.81. The van der Waals surface area contributed by atoms with Crippen molar-refractivity contribution in [3.05, 3.63) is 64.1 Å². The lowest BCUT2D eigenvalue weighted by molar-refractivity contribution is -0.115. The van der Waals surface area contributed by atoms with E-state index in [4.69, 9.17) is 23.2 Å². The first-order valence-corrected chi connectivity index (χ1v) is 8.83. The van der Waals surface area contributed by atoms with E-state index in [1.807, 2.05) is 30.3 Å². The zero-order valence-electron chi connectivity index (χ0n) is 12.0. The predicted molar refractivity (Wildman–Crippen MR) is 93.0 cm³/mol. The van der Waals surface area contributed by atoms with Crippen LogP contribution in [-0.2, 0) is 21.3 Å². The molecular formula is C16H15Cl2NO2S. The zero-order chi connectivity index (χ0) is 16.1. The van der Waals surface area contributed by atoms with Crippen LogP contribution in [-0.4, -0.2) is 22.9 Å². The molecule has 0 spiro atoms. The first-order valence-electron chi connectivity index (χ1n) is 6.58. The summed E-state index contributed by atoms with van der Waals surface area (Å²) in [5, 5.41) is 0.925. The Bertz CT molecular complexity index is 672. The molecule has 0 saturated carbocycles. The summed E-state index contributed by atoms with van der Waals surface area (Å²) in [6.45, 7) is 0. The fourth-order valence-electron chi connectivity index (χ4n) is 1.91. The molecule has 0 fully saturated rings. The van der Waals surface area contributed by atoms with Crippen LogP contribution in [0.1, 0.15) is 5.56 Å². The molecule has 0 radical (unpaired) electrons. The van der Waals surface area contributed by atoms with Gasteiger partial charge in [0.05, 0.1) is 5.75 Å². The third-order valence-electron chi connectivity index (χ3n) is 3.17. The molecule has 2 aromatic rings. The molecule has 0 unspecified atom stereocenters. The van der Waals surface area contributed by atoms with Crippen LogP contribution in [0.5, 0.6) is 0 Å². The van der Waals surface area contributed by atoms with E-state index in [0.29, 0.717) is 15.6 Å². The fraction of sp³-hybridized carbons (Fsp3) is 0.188. The Morgan fingerprint density at radius 3 is 2.23 bits per heavy atom. The SMILES string of the molecule is CN(C(=O)C[S@@](=O)Cc1c(Cl)cccc1Cl)c1ccccc1. The van der Waals surface area contributed by atoms with Gasteiger partial charge in [-0.1, -0.05) is 47.5 Å². The highest BCUT2D eigenvalue weighted by Crippen LogP contribution is 2.25. The van der Waals surface area contributed by atoms with E-state index in [9.17, 15) is 9.00 Å². The van der Waals surface area contributed by atoms with Gasteiger partial charge in [-0.15, -0.1) is 0 Å². The number of hydrogen-bond acceptors (Lipinski definition) is 2. The van der Waals surface area contributed by atoms with Crippen molar-refractivity contribution in [1.82, 2.24) is 0 Å². The maximum atomic E-state index is 12.2. The van der Waals surface area contributed by atoms with Gasteiger partial charge in [-0.25, -0.2) is 0 Å². The summed E-state index contributed by atoms with van der Waals surface area (Å²) in [6.07, 6.45) is 0. The summed E-state index contributed by atoms with van der Waals surface area (Å²) in [7, 11) is 0.288. The number of anilines is 1. The standard InChI is InChI=1S/C16H15Cl2NO2S/c1-19(12-6-3-2-4-7-12)16(20)11-22(21)10-13-14(17)8-5-9-15(13)18/h2-9H,10-11H2,1H3/t22-/m0/s1. The van der Waals surface area contributed by atoms with Crippen molar-refractivity contribution in [2.75, 3.05) is 17.7 Å². The molecule has 1 atom stereocenters. The van der Waals surface area contributed by atoms with Crippen LogP contribution in [0.2, 0.25) is 10.0 Å². The summed E-state index contributed by atoms with van der Waals surface area (Å²) in [4.78, 5) is 13.7. The van der Waals surface area contributed by atoms with Gasteiger partial charge in [-0.3, -0.25) is 9.00 Å². The van der Waals surface area contributed by atoms with Gasteiger partial charge in [-0.05, 0) is 24.3 Å². The van der Waals surface area contributed by atoms with E-state index in [0.717, 1.165) is 5.69 Å². The third kappa shape index (κ3) is 4.32. The van der Waals surface area contributed by atoms with Crippen molar-refractivity contribution in [3.63, 3.8) is 0 Å². The van der Waals surface area contributed by atoms with Gasteiger partial charge in [0.1, 0.15) is 5.75 Å². The molecule has 3 nitrogen and oxygen atoms in total. The summed E-state index contributed by atoms with van der Waals surface area (Å²) in [5.74, 6) is -0.132. The van der Waals surface area contributed by atoms with E-state index in [1.165, 1.54) is 4.90 Å². The molecule has 0 aliphatic carbocycles. The Labute approximate surface area is 142 Å². The van der Waals surface area contributed by atoms with Crippen molar-refractivity contribution in [2.24, 2.45) is 0 Å². The lowest BCUT2D eigenvalue weighted by Gasteiger charge is -2.17. The van der Waals surface area contributed by atoms with Gasteiger partial charge in [0.2, 0.25) is 5.91 Å². The summed E-state index contributed by atoms with van der Waals surface area (Å²) < 4.78 is 12.2. The van der Waals surface area contributed by atoms with E-state index >= 15 is 0 Å². The van der Waals surface area contributed by atoms with Crippen LogP contribution < -0.4 is 4.90 Å². The molecule has 2 rings (SSSR count). The monoisotopic (exact) mass is 355 g/mol. The number of nitrogens with zero attached hydrogens (tertiary/aromatic N) is 1. The molecule has 0 bridgehead atoms. The highest BCUT2D eigenvalue weighted by Gasteiger charge is 2.16. The summed E-state index contributed by atoms with van der Waals surface area (Å²) >= 11 is 12.1. The van der Waals surface area contributed by atoms with Gasteiger partial charge in [-0.2, -0.15) is 0 Å². The van der Waals surface area contributed by atoms with E-state index in [-0.39, 0.29) is 17.4 Å². The molecule has 0 saturated heterocycles. The number of carbonyl (C=O) groups is 1. The maximum Gasteiger partial charge on any atom is 0.239 e. The number of halogens is 2. The normalized spacial score (nSPS) is 12.0. The number of rotatable bonds is 5. The smallest absolute Gasteiger partial charge is 0.239 e. The molecule has 6 heteroatoms. The number of para-hydroxylation sites is 1. The Hall–Kier alpha value is -1.36. The van der Waals surface area contributed by atoms with Crippen molar-refractivity contribution < 1.29 is 9.00 Å². The molecule has 1 amide bonds. The van der Waals surface area contributed by atoms with Gasteiger partial charge in [0, 0.05) is 39.1 Å². The third-order valence-corrected chi connectivity index (χ3v) is 5.06. The number of benzene rings is 2. The second-order valence-electron chi connectivity index (χ2n) is 4.72. The second-order valence-corrected chi connectivity index (χ2v) is 6.99. The Balaban J connectivity index is 2.02. The molecule has 0 aliphatic heterocycles. The Morgan fingerprint density at radius 1 is 1.05 bits per heavy atom. The molecular weight excluding hydrogens is 341 g/mol. The molecule has 0 heterocycles. The predicted octanol–water partition coefficient (Wildman–Crippen LogP) is 3.91. The van der Waals surface area contributed by atoms with Crippen LogP contribution in [0.3, 0.4) is 0 Å². The average molecular weight is 356 g/mol. The van der Waals surface area contributed by atoms with Crippen LogP contribution >= 0.6 is 23.2 Å². The maximum absolute atomic E-state index is 12.2. The topological polar surface area (TPSA) is 37.4 Å². The lowest BCUT2D eigenvalue weighted by atomic mass is 10.2. The van der Waals surface area contributed by atoms with Crippen LogP contribution in [0.4, 0.5) is 5.69 Å². The molecule has 0 N–H and O–H groups in total. The minimum Gasteiger partial charge on any atom is -0.315 e. The van der Waals surface area contributed by atoms with E-state index in [2.05, 4.69) is 0 Å². The largest absolute Gasteiger partial charge is 0.315 e. The quantitative estimate of drug-likeness (QED) is 0.815. The van der Waals surface area contributed by atoms with Crippen molar-refractivity contribution in [1.29, 1.82) is 0 Å². The molecule has 0 aromatic heterocycles. The summed E-state index contributed by atoms with van der Waals surface area (Å²) in [5.41, 5.74) is 1.37. The first-order chi connectivity index (χ1) is 10.5. The second kappa shape index (κ2) is 7.77. The molecule has 0 aliphatic rings. The minimum absolute atomic E-state index is 0.0764. The van der Waals surface area contributed by atoms with Gasteiger partial charge in [0.15, 0.2) is 0 Å². The van der Waals surface area contributed by atoms with Gasteiger partial charge in [0.25, 0.3) is 0 Å². The highest BCUT2D eigenvalue weighted by molar-refractivity contribution is 7.85. The average Bonchev–Trinajstić information content (AvgIpc) is 2.51. The highest BCUT2D eigenvalue weighted by atomic mass is 35.5. The van der Waals surface area contributed by atoms with Gasteiger partial charge < -0.3 is 4.90 Å². The van der Waals surface area contributed by atoms with Gasteiger partial charge >= 0.3 is 0 Å². The molecule has 116 valence electrons. The Kier molecular flexibility index (Phi) is 6.00. The molecule has 22 heavy (non-hydrogen) atoms. The van der Waals surface area contributed by atoms with E-state index < -0.39 is 10.8 Å². The van der Waals surface area contributed by atoms with E-state index in [1.54, 1.807) is 25.2 Å². The Morgan fingerprint density at radius 2 is 1.64 bits per heavy atom. The zero-order valence-corrected chi connectivity index (χ0v) is 14.3. The van der Waals surface area contributed by atoms with Crippen molar-refractivity contribution >= 4 is 45.6 Å². The minimum atomic E-state index is -1.38.